The number of aromatic nitrogens is 1. The van der Waals surface area contributed by atoms with Gasteiger partial charge in [-0.1, -0.05) is 127 Å². The lowest BCUT2D eigenvalue weighted by Gasteiger charge is -2.11. The van der Waals surface area contributed by atoms with Gasteiger partial charge in [0.2, 0.25) is 0 Å². The third-order valence-electron chi connectivity index (χ3n) is 13.1. The van der Waals surface area contributed by atoms with E-state index in [-0.39, 0.29) is 0 Å². The van der Waals surface area contributed by atoms with E-state index in [1.807, 2.05) is 12.1 Å². The Hall–Kier alpha value is -8.14. The van der Waals surface area contributed by atoms with Crippen LogP contribution in [0.15, 0.2) is 209 Å². The maximum Gasteiger partial charge on any atom is 0.135 e. The van der Waals surface area contributed by atoms with Crippen LogP contribution in [-0.4, -0.2) is 4.57 Å². The highest BCUT2D eigenvalue weighted by Crippen LogP contribution is 2.49. The molecule has 0 saturated heterocycles. The number of hydrogen-bond donors (Lipinski definition) is 0. The summed E-state index contributed by atoms with van der Waals surface area (Å²) >= 11 is 0. The van der Waals surface area contributed by atoms with Gasteiger partial charge in [-0.15, -0.1) is 0 Å². The van der Waals surface area contributed by atoms with Gasteiger partial charge in [-0.25, -0.2) is 0 Å². The van der Waals surface area contributed by atoms with E-state index in [2.05, 4.69) is 193 Å². The van der Waals surface area contributed by atoms with Gasteiger partial charge < -0.3 is 13.4 Å². The molecule has 0 N–H and O–H groups in total. The van der Waals surface area contributed by atoms with Crippen LogP contribution >= 0.6 is 0 Å². The molecule has 0 radical (unpaired) electrons. The third kappa shape index (κ3) is 4.69. The predicted octanol–water partition coefficient (Wildman–Crippen LogP) is 16.4. The molecule has 3 nitrogen and oxygen atoms in total. The number of para-hydroxylation sites is 2. The van der Waals surface area contributed by atoms with Crippen molar-refractivity contribution in [3.05, 3.63) is 200 Å². The van der Waals surface area contributed by atoms with E-state index in [0.29, 0.717) is 0 Å². The Morgan fingerprint density at radius 3 is 1.52 bits per heavy atom. The highest BCUT2D eigenvalue weighted by Gasteiger charge is 2.23. The van der Waals surface area contributed by atoms with Gasteiger partial charge in [-0.05, 0) is 139 Å². The topological polar surface area (TPSA) is 31.2 Å². The SMILES string of the molecule is c1cc(-c2ccc3oc4ccccc4c3c2)cc(-n2c3ccccc3c3cc(-c4ccc5oc6ccc(-c7ccc8c9c(cccc79)-c7ccccc7-8)cc6c5c4)ccc32)c1. The van der Waals surface area contributed by atoms with Gasteiger partial charge in [0.1, 0.15) is 22.3 Å². The number of furan rings is 2. The summed E-state index contributed by atoms with van der Waals surface area (Å²) in [7, 11) is 0. The second kappa shape index (κ2) is 12.2. The largest absolute Gasteiger partial charge is 0.456 e. The van der Waals surface area contributed by atoms with E-state index in [1.165, 1.54) is 71.5 Å². The van der Waals surface area contributed by atoms with Crippen LogP contribution in [0.4, 0.5) is 0 Å². The molecule has 1 aliphatic rings. The van der Waals surface area contributed by atoms with Gasteiger partial charge >= 0.3 is 0 Å². The maximum absolute atomic E-state index is 6.46. The van der Waals surface area contributed by atoms with Crippen molar-refractivity contribution in [2.75, 3.05) is 0 Å². The Morgan fingerprint density at radius 1 is 0.262 bits per heavy atom. The zero-order chi connectivity index (χ0) is 39.8. The summed E-state index contributed by atoms with van der Waals surface area (Å²) in [5, 5.41) is 9.58. The zero-order valence-electron chi connectivity index (χ0n) is 32.8. The molecule has 0 atom stereocenters. The number of hydrogen-bond acceptors (Lipinski definition) is 2. The van der Waals surface area contributed by atoms with Crippen LogP contribution in [0.2, 0.25) is 0 Å². The van der Waals surface area contributed by atoms with Crippen molar-refractivity contribution in [1.29, 1.82) is 0 Å². The summed E-state index contributed by atoms with van der Waals surface area (Å²) in [6.45, 7) is 0. The summed E-state index contributed by atoms with van der Waals surface area (Å²) in [6.07, 6.45) is 0. The van der Waals surface area contributed by atoms with Crippen molar-refractivity contribution in [3.63, 3.8) is 0 Å². The van der Waals surface area contributed by atoms with Gasteiger partial charge in [-0.2, -0.15) is 0 Å². The molecule has 3 heteroatoms. The molecule has 3 aromatic heterocycles. The highest BCUT2D eigenvalue weighted by molar-refractivity contribution is 6.19. The quantitative estimate of drug-likeness (QED) is 0.178. The molecule has 0 aliphatic heterocycles. The number of rotatable bonds is 4. The number of nitrogens with zero attached hydrogens (tertiary/aromatic N) is 1. The molecule has 10 aromatic carbocycles. The number of benzene rings is 10. The van der Waals surface area contributed by atoms with Gasteiger partial charge in [-0.3, -0.25) is 0 Å². The third-order valence-corrected chi connectivity index (χ3v) is 13.1. The lowest BCUT2D eigenvalue weighted by Crippen LogP contribution is -1.94. The van der Waals surface area contributed by atoms with Crippen LogP contribution in [0.5, 0.6) is 0 Å². The van der Waals surface area contributed by atoms with Gasteiger partial charge in [0, 0.05) is 38.0 Å². The molecule has 282 valence electrons. The van der Waals surface area contributed by atoms with Crippen molar-refractivity contribution >= 4 is 76.5 Å². The molecular formula is C58H33NO2. The van der Waals surface area contributed by atoms with E-state index in [4.69, 9.17) is 8.83 Å². The standard InChI is InChI=1S/C58H33NO2/c1-2-12-42-41(11-1)46-16-8-15-45-40(23-24-47(42)58(45)46)38-22-28-57-51(33-38)50-32-37(21-27-56(50)61-57)35-19-25-53-48(30-35)43-13-3-5-17-52(43)59(53)39-10-7-9-34(29-39)36-20-26-55-49(31-36)44-14-4-6-18-54(44)60-55/h1-33H. The van der Waals surface area contributed by atoms with E-state index in [1.54, 1.807) is 0 Å². The molecule has 14 rings (SSSR count). The van der Waals surface area contributed by atoms with E-state index in [0.717, 1.165) is 66.3 Å². The lowest BCUT2D eigenvalue weighted by atomic mass is 9.93. The molecular weight excluding hydrogens is 743 g/mol. The Morgan fingerprint density at radius 2 is 0.754 bits per heavy atom. The van der Waals surface area contributed by atoms with Crippen molar-refractivity contribution in [3.8, 4) is 61.3 Å². The van der Waals surface area contributed by atoms with Crippen LogP contribution in [0.3, 0.4) is 0 Å². The van der Waals surface area contributed by atoms with Crippen molar-refractivity contribution in [2.45, 2.75) is 0 Å². The molecule has 13 aromatic rings. The Kier molecular flexibility index (Phi) is 6.56. The second-order valence-electron chi connectivity index (χ2n) is 16.4. The monoisotopic (exact) mass is 775 g/mol. The summed E-state index contributed by atoms with van der Waals surface area (Å²) in [5.41, 5.74) is 19.4. The van der Waals surface area contributed by atoms with Crippen molar-refractivity contribution in [1.82, 2.24) is 4.57 Å². The number of fused-ring (bicyclic) bond motifs is 12. The predicted molar refractivity (Wildman–Crippen MR) is 254 cm³/mol. The highest BCUT2D eigenvalue weighted by atomic mass is 16.3. The smallest absolute Gasteiger partial charge is 0.135 e. The van der Waals surface area contributed by atoms with Gasteiger partial charge in [0.05, 0.1) is 11.0 Å². The van der Waals surface area contributed by atoms with Crippen LogP contribution < -0.4 is 0 Å². The summed E-state index contributed by atoms with van der Waals surface area (Å²) in [6, 6.07) is 72.7. The van der Waals surface area contributed by atoms with E-state index in [9.17, 15) is 0 Å². The minimum atomic E-state index is 0.893. The summed E-state index contributed by atoms with van der Waals surface area (Å²) < 4.78 is 15.0. The van der Waals surface area contributed by atoms with Gasteiger partial charge in [0.25, 0.3) is 0 Å². The molecule has 0 saturated carbocycles. The molecule has 0 spiro atoms. The normalized spacial score (nSPS) is 12.3. The molecule has 1 aliphatic carbocycles. The molecule has 3 heterocycles. The maximum atomic E-state index is 6.46. The Bertz CT molecular complexity index is 3980. The first-order valence-electron chi connectivity index (χ1n) is 20.9. The average Bonchev–Trinajstić information content (AvgIpc) is 4.07. The summed E-state index contributed by atoms with van der Waals surface area (Å²) in [5.74, 6) is 0. The fraction of sp³-hybridized carbons (Fsp3) is 0. The van der Waals surface area contributed by atoms with Crippen LogP contribution in [-0.2, 0) is 0 Å². The van der Waals surface area contributed by atoms with Crippen molar-refractivity contribution < 1.29 is 8.83 Å². The molecule has 0 amide bonds. The van der Waals surface area contributed by atoms with Crippen LogP contribution in [0, 0.1) is 0 Å². The first-order chi connectivity index (χ1) is 30.2. The summed E-state index contributed by atoms with van der Waals surface area (Å²) in [4.78, 5) is 0. The Labute approximate surface area is 349 Å². The minimum Gasteiger partial charge on any atom is -0.456 e. The fourth-order valence-corrected chi connectivity index (χ4v) is 10.3. The Balaban J connectivity index is 0.874. The molecule has 0 bridgehead atoms. The average molecular weight is 776 g/mol. The van der Waals surface area contributed by atoms with Gasteiger partial charge in [0.15, 0.2) is 0 Å². The van der Waals surface area contributed by atoms with E-state index >= 15 is 0 Å². The molecule has 0 fully saturated rings. The lowest BCUT2D eigenvalue weighted by molar-refractivity contribution is 0.668. The first kappa shape index (κ1) is 32.8. The second-order valence-corrected chi connectivity index (χ2v) is 16.4. The van der Waals surface area contributed by atoms with Crippen molar-refractivity contribution in [2.24, 2.45) is 0 Å². The molecule has 0 unspecified atom stereocenters. The minimum absolute atomic E-state index is 0.893. The van der Waals surface area contributed by atoms with Crippen LogP contribution in [0.25, 0.3) is 138 Å². The van der Waals surface area contributed by atoms with E-state index < -0.39 is 0 Å². The van der Waals surface area contributed by atoms with Crippen LogP contribution in [0.1, 0.15) is 0 Å². The zero-order valence-corrected chi connectivity index (χ0v) is 32.8. The first-order valence-corrected chi connectivity index (χ1v) is 20.9. The fourth-order valence-electron chi connectivity index (χ4n) is 10.3. The molecule has 61 heavy (non-hydrogen) atoms.